The summed E-state index contributed by atoms with van der Waals surface area (Å²) in [6, 6.07) is 7.17. The monoisotopic (exact) mass is 376 g/mol. The first-order valence-electron chi connectivity index (χ1n) is 8.44. The third-order valence-corrected chi connectivity index (χ3v) is 4.70. The highest BCUT2D eigenvalue weighted by Gasteiger charge is 2.22. The summed E-state index contributed by atoms with van der Waals surface area (Å²) in [5.41, 5.74) is 1.09. The lowest BCUT2D eigenvalue weighted by molar-refractivity contribution is -0.133. The molecule has 0 spiro atoms. The zero-order valence-corrected chi connectivity index (χ0v) is 15.3. The van der Waals surface area contributed by atoms with E-state index in [0.29, 0.717) is 18.1 Å². The Balaban J connectivity index is 1.45. The smallest absolute Gasteiger partial charge is 0.245 e. The highest BCUT2D eigenvalue weighted by molar-refractivity contribution is 6.30. The lowest BCUT2D eigenvalue weighted by Gasteiger charge is -2.36. The number of anilines is 1. The van der Waals surface area contributed by atoms with Crippen molar-refractivity contribution in [3.05, 3.63) is 41.9 Å². The Hall–Kier alpha value is -2.61. The zero-order chi connectivity index (χ0) is 18.5. The van der Waals surface area contributed by atoms with Crippen LogP contribution < -0.4 is 10.2 Å². The maximum atomic E-state index is 12.3. The Labute approximate surface area is 156 Å². The Morgan fingerprint density at radius 2 is 1.88 bits per heavy atom. The van der Waals surface area contributed by atoms with Crippen molar-refractivity contribution in [2.75, 3.05) is 37.6 Å². The van der Waals surface area contributed by atoms with E-state index in [1.807, 2.05) is 24.3 Å². The Kier molecular flexibility index (Phi) is 5.72. The number of rotatable bonds is 5. The van der Waals surface area contributed by atoms with Gasteiger partial charge in [-0.3, -0.25) is 9.59 Å². The number of amides is 2. The van der Waals surface area contributed by atoms with Gasteiger partial charge in [0.25, 0.3) is 0 Å². The van der Waals surface area contributed by atoms with Crippen molar-refractivity contribution >= 4 is 29.1 Å². The van der Waals surface area contributed by atoms with E-state index in [-0.39, 0.29) is 18.4 Å². The van der Waals surface area contributed by atoms with Crippen LogP contribution in [0.5, 0.6) is 0 Å². The predicted octanol–water partition coefficient (Wildman–Crippen LogP) is 0.957. The van der Waals surface area contributed by atoms with Crippen LogP contribution >= 0.6 is 11.6 Å². The van der Waals surface area contributed by atoms with Crippen LogP contribution in [0, 0.1) is 0 Å². The molecule has 8 nitrogen and oxygen atoms in total. The number of hydrogen-bond donors (Lipinski definition) is 1. The van der Waals surface area contributed by atoms with Crippen LogP contribution in [0.15, 0.2) is 36.9 Å². The standard InChI is InChI=1S/C17H21ClN6O2/c1-13(24-12-19-11-21-24)17(26)20-10-16(25)23-8-6-22(7-9-23)15-4-2-14(18)3-5-15/h2-5,11-13H,6-10H2,1H3,(H,20,26)/t13-/m1/s1. The van der Waals surface area contributed by atoms with Crippen LogP contribution in [0.2, 0.25) is 5.02 Å². The number of carbonyl (C=O) groups excluding carboxylic acids is 2. The maximum absolute atomic E-state index is 12.3. The van der Waals surface area contributed by atoms with E-state index in [4.69, 9.17) is 11.6 Å². The van der Waals surface area contributed by atoms with E-state index in [2.05, 4.69) is 20.3 Å². The average molecular weight is 377 g/mol. The largest absolute Gasteiger partial charge is 0.368 e. The Bertz CT molecular complexity index is 741. The minimum Gasteiger partial charge on any atom is -0.368 e. The predicted molar refractivity (Wildman–Crippen MR) is 98.0 cm³/mol. The molecule has 0 aliphatic carbocycles. The van der Waals surface area contributed by atoms with Gasteiger partial charge in [0.15, 0.2) is 0 Å². The van der Waals surface area contributed by atoms with Gasteiger partial charge in [-0.2, -0.15) is 5.10 Å². The molecule has 1 atom stereocenters. The average Bonchev–Trinajstić information content (AvgIpc) is 3.20. The van der Waals surface area contributed by atoms with Gasteiger partial charge in [0, 0.05) is 36.9 Å². The molecule has 2 amide bonds. The number of nitrogens with zero attached hydrogens (tertiary/aromatic N) is 5. The van der Waals surface area contributed by atoms with E-state index in [1.54, 1.807) is 11.8 Å². The van der Waals surface area contributed by atoms with Gasteiger partial charge in [-0.05, 0) is 31.2 Å². The third-order valence-electron chi connectivity index (χ3n) is 4.45. The first kappa shape index (κ1) is 18.2. The van der Waals surface area contributed by atoms with Crippen molar-refractivity contribution in [2.45, 2.75) is 13.0 Å². The normalized spacial score (nSPS) is 15.6. The van der Waals surface area contributed by atoms with Crippen molar-refractivity contribution in [1.29, 1.82) is 0 Å². The van der Waals surface area contributed by atoms with Crippen LogP contribution in [-0.4, -0.2) is 64.2 Å². The fourth-order valence-electron chi connectivity index (χ4n) is 2.83. The number of nitrogens with one attached hydrogen (secondary N) is 1. The number of piperazine rings is 1. The third kappa shape index (κ3) is 4.32. The topological polar surface area (TPSA) is 83.4 Å². The van der Waals surface area contributed by atoms with Gasteiger partial charge in [0.05, 0.1) is 6.54 Å². The summed E-state index contributed by atoms with van der Waals surface area (Å²) in [7, 11) is 0. The highest BCUT2D eigenvalue weighted by Crippen LogP contribution is 2.19. The Morgan fingerprint density at radius 3 is 2.50 bits per heavy atom. The molecule has 0 saturated carbocycles. The van der Waals surface area contributed by atoms with E-state index >= 15 is 0 Å². The highest BCUT2D eigenvalue weighted by atomic mass is 35.5. The second-order valence-electron chi connectivity index (χ2n) is 6.11. The fraction of sp³-hybridized carbons (Fsp3) is 0.412. The van der Waals surface area contributed by atoms with Crippen LogP contribution in [0.25, 0.3) is 0 Å². The molecule has 1 aromatic carbocycles. The fourth-order valence-corrected chi connectivity index (χ4v) is 2.95. The van der Waals surface area contributed by atoms with E-state index in [9.17, 15) is 9.59 Å². The van der Waals surface area contributed by atoms with Crippen LogP contribution in [-0.2, 0) is 9.59 Å². The van der Waals surface area contributed by atoms with Crippen molar-refractivity contribution in [2.24, 2.45) is 0 Å². The van der Waals surface area contributed by atoms with Crippen molar-refractivity contribution in [1.82, 2.24) is 25.0 Å². The molecule has 1 N–H and O–H groups in total. The first-order chi connectivity index (χ1) is 12.5. The van der Waals surface area contributed by atoms with Gasteiger partial charge in [-0.15, -0.1) is 0 Å². The molecular formula is C17H21ClN6O2. The molecule has 1 aromatic heterocycles. The summed E-state index contributed by atoms with van der Waals surface area (Å²) in [6.45, 7) is 4.43. The minimum atomic E-state index is -0.507. The van der Waals surface area contributed by atoms with Crippen LogP contribution in [0.4, 0.5) is 5.69 Å². The molecule has 9 heteroatoms. The molecule has 1 fully saturated rings. The minimum absolute atomic E-state index is 0.0151. The summed E-state index contributed by atoms with van der Waals surface area (Å²) in [5.74, 6) is -0.344. The zero-order valence-electron chi connectivity index (χ0n) is 14.5. The van der Waals surface area contributed by atoms with Gasteiger partial charge in [-0.1, -0.05) is 11.6 Å². The summed E-state index contributed by atoms with van der Waals surface area (Å²) in [4.78, 5) is 32.2. The number of hydrogen-bond acceptors (Lipinski definition) is 5. The Morgan fingerprint density at radius 1 is 1.19 bits per heavy atom. The van der Waals surface area contributed by atoms with Gasteiger partial charge in [0.2, 0.25) is 11.8 Å². The second-order valence-corrected chi connectivity index (χ2v) is 6.55. The molecule has 1 aliphatic rings. The molecule has 1 saturated heterocycles. The van der Waals surface area contributed by atoms with Crippen molar-refractivity contribution in [3.63, 3.8) is 0 Å². The van der Waals surface area contributed by atoms with Gasteiger partial charge >= 0.3 is 0 Å². The molecule has 138 valence electrons. The molecule has 2 heterocycles. The molecule has 3 rings (SSSR count). The van der Waals surface area contributed by atoms with Gasteiger partial charge < -0.3 is 15.1 Å². The van der Waals surface area contributed by atoms with E-state index in [0.717, 1.165) is 18.8 Å². The molecule has 0 radical (unpaired) electrons. The van der Waals surface area contributed by atoms with Crippen LogP contribution in [0.1, 0.15) is 13.0 Å². The number of halogens is 1. The van der Waals surface area contributed by atoms with Crippen LogP contribution in [0.3, 0.4) is 0 Å². The number of aromatic nitrogens is 3. The summed E-state index contributed by atoms with van der Waals surface area (Å²) in [5, 5.41) is 7.31. The quantitative estimate of drug-likeness (QED) is 0.840. The molecular weight excluding hydrogens is 356 g/mol. The molecule has 1 aliphatic heterocycles. The maximum Gasteiger partial charge on any atom is 0.245 e. The molecule has 0 bridgehead atoms. The van der Waals surface area contributed by atoms with Gasteiger partial charge in [-0.25, -0.2) is 9.67 Å². The molecule has 26 heavy (non-hydrogen) atoms. The summed E-state index contributed by atoms with van der Waals surface area (Å²) in [6.07, 6.45) is 2.84. The number of carbonyl (C=O) groups is 2. The second kappa shape index (κ2) is 8.18. The number of benzene rings is 1. The van der Waals surface area contributed by atoms with Gasteiger partial charge in [0.1, 0.15) is 18.7 Å². The van der Waals surface area contributed by atoms with E-state index in [1.165, 1.54) is 17.3 Å². The first-order valence-corrected chi connectivity index (χ1v) is 8.82. The van der Waals surface area contributed by atoms with Crippen molar-refractivity contribution in [3.8, 4) is 0 Å². The van der Waals surface area contributed by atoms with Crippen molar-refractivity contribution < 1.29 is 9.59 Å². The lowest BCUT2D eigenvalue weighted by Crippen LogP contribution is -2.51. The lowest BCUT2D eigenvalue weighted by atomic mass is 10.2. The molecule has 2 aromatic rings. The molecule has 0 unspecified atom stereocenters. The SMILES string of the molecule is C[C@H](C(=O)NCC(=O)N1CCN(c2ccc(Cl)cc2)CC1)n1cncn1. The van der Waals surface area contributed by atoms with E-state index < -0.39 is 6.04 Å². The summed E-state index contributed by atoms with van der Waals surface area (Å²) >= 11 is 5.92. The summed E-state index contributed by atoms with van der Waals surface area (Å²) < 4.78 is 1.45.